The van der Waals surface area contributed by atoms with Gasteiger partial charge in [0, 0.05) is 29.4 Å². The van der Waals surface area contributed by atoms with Crippen LogP contribution >= 0.6 is 35.0 Å². The van der Waals surface area contributed by atoms with E-state index in [9.17, 15) is 9.59 Å². The lowest BCUT2D eigenvalue weighted by molar-refractivity contribution is -0.113. The number of thioether (sulfide) groups is 1. The van der Waals surface area contributed by atoms with Crippen LogP contribution in [-0.2, 0) is 11.8 Å². The third-order valence-electron chi connectivity index (χ3n) is 4.31. The number of hydrogen-bond donors (Lipinski definition) is 1. The van der Waals surface area contributed by atoms with Crippen molar-refractivity contribution in [3.63, 3.8) is 0 Å². The first kappa shape index (κ1) is 23.1. The van der Waals surface area contributed by atoms with Crippen molar-refractivity contribution in [1.29, 1.82) is 0 Å². The molecule has 0 aliphatic carbocycles. The average molecular weight is 479 g/mol. The normalized spacial score (nSPS) is 11.8. The summed E-state index contributed by atoms with van der Waals surface area (Å²) in [6.45, 7) is 3.30. The molecule has 0 radical (unpaired) electrons. The van der Waals surface area contributed by atoms with Crippen molar-refractivity contribution >= 4 is 52.3 Å². The molecule has 0 saturated heterocycles. The van der Waals surface area contributed by atoms with Gasteiger partial charge in [0.25, 0.3) is 0 Å². The number of hydrogen-bond acceptors (Lipinski definition) is 6. The van der Waals surface area contributed by atoms with Crippen molar-refractivity contribution in [2.75, 3.05) is 11.1 Å². The Bertz CT molecular complexity index is 1120. The van der Waals surface area contributed by atoms with Gasteiger partial charge in [-0.1, -0.05) is 47.1 Å². The molecule has 1 unspecified atom stereocenters. The van der Waals surface area contributed by atoms with Gasteiger partial charge in [0.1, 0.15) is 5.75 Å². The second-order valence-electron chi connectivity index (χ2n) is 6.71. The van der Waals surface area contributed by atoms with E-state index in [1.165, 1.54) is 18.7 Å². The molecule has 2 aromatic carbocycles. The molecule has 0 bridgehead atoms. The van der Waals surface area contributed by atoms with Crippen LogP contribution in [0.15, 0.2) is 47.6 Å². The van der Waals surface area contributed by atoms with Crippen LogP contribution in [0.2, 0.25) is 10.0 Å². The van der Waals surface area contributed by atoms with Gasteiger partial charge in [-0.15, -0.1) is 10.2 Å². The van der Waals surface area contributed by atoms with Gasteiger partial charge < -0.3 is 14.6 Å². The molecule has 0 saturated carbocycles. The first-order valence-electron chi connectivity index (χ1n) is 9.29. The van der Waals surface area contributed by atoms with E-state index in [4.69, 9.17) is 27.9 Å². The summed E-state index contributed by atoms with van der Waals surface area (Å²) in [5, 5.41) is 12.6. The number of amides is 1. The zero-order valence-corrected chi connectivity index (χ0v) is 19.4. The summed E-state index contributed by atoms with van der Waals surface area (Å²) < 4.78 is 7.65. The molecule has 31 heavy (non-hydrogen) atoms. The van der Waals surface area contributed by atoms with Crippen molar-refractivity contribution in [2.24, 2.45) is 7.05 Å². The van der Waals surface area contributed by atoms with Crippen LogP contribution < -0.4 is 10.1 Å². The van der Waals surface area contributed by atoms with E-state index in [-0.39, 0.29) is 17.4 Å². The number of nitrogens with one attached hydrogen (secondary N) is 1. The Labute approximate surface area is 194 Å². The Morgan fingerprint density at radius 3 is 2.71 bits per heavy atom. The molecule has 3 aromatic rings. The SMILES string of the molecule is CC(=O)c1cccc(NC(=O)CSc2nnc(C(C)Oc3cc(Cl)ccc3Cl)n2C)c1. The molecule has 162 valence electrons. The Morgan fingerprint density at radius 1 is 1.19 bits per heavy atom. The number of benzene rings is 2. The van der Waals surface area contributed by atoms with Gasteiger partial charge in [-0.2, -0.15) is 0 Å². The standard InChI is InChI=1S/C21H20Cl2N4O3S/c1-12(28)14-5-4-6-16(9-14)24-19(29)11-31-21-26-25-20(27(21)3)13(2)30-18-10-15(22)7-8-17(18)23/h4-10,13H,11H2,1-3H3,(H,24,29). The number of carbonyl (C=O) groups excluding carboxylic acids is 2. The minimum atomic E-state index is -0.439. The molecule has 3 rings (SSSR count). The molecule has 10 heteroatoms. The Kier molecular flexibility index (Phi) is 7.59. The number of aromatic nitrogens is 3. The zero-order valence-electron chi connectivity index (χ0n) is 17.1. The number of halogens is 2. The maximum atomic E-state index is 12.3. The number of ether oxygens (including phenoxy) is 1. The first-order chi connectivity index (χ1) is 14.7. The highest BCUT2D eigenvalue weighted by Crippen LogP contribution is 2.31. The fourth-order valence-corrected chi connectivity index (χ4v) is 3.80. The number of carbonyl (C=O) groups is 2. The van der Waals surface area contributed by atoms with Crippen LogP contribution in [0.4, 0.5) is 5.69 Å². The van der Waals surface area contributed by atoms with Gasteiger partial charge in [-0.25, -0.2) is 0 Å². The minimum Gasteiger partial charge on any atom is -0.481 e. The highest BCUT2D eigenvalue weighted by Gasteiger charge is 2.19. The minimum absolute atomic E-state index is 0.0625. The quantitative estimate of drug-likeness (QED) is 0.353. The summed E-state index contributed by atoms with van der Waals surface area (Å²) >= 11 is 13.4. The van der Waals surface area contributed by atoms with Crippen LogP contribution in [0.25, 0.3) is 0 Å². The Hall–Kier alpha value is -2.55. The van der Waals surface area contributed by atoms with Gasteiger partial charge in [0.05, 0.1) is 10.8 Å². The maximum absolute atomic E-state index is 12.3. The molecule has 7 nitrogen and oxygen atoms in total. The predicted molar refractivity (Wildman–Crippen MR) is 122 cm³/mol. The summed E-state index contributed by atoms with van der Waals surface area (Å²) in [6, 6.07) is 11.8. The lowest BCUT2D eigenvalue weighted by Crippen LogP contribution is -2.15. The lowest BCUT2D eigenvalue weighted by atomic mass is 10.1. The Morgan fingerprint density at radius 2 is 1.97 bits per heavy atom. The van der Waals surface area contributed by atoms with Gasteiger partial charge >= 0.3 is 0 Å². The van der Waals surface area contributed by atoms with Crippen LogP contribution in [0.5, 0.6) is 5.75 Å². The summed E-state index contributed by atoms with van der Waals surface area (Å²) in [5.41, 5.74) is 1.11. The maximum Gasteiger partial charge on any atom is 0.234 e. The van der Waals surface area contributed by atoms with Crippen LogP contribution in [-0.4, -0.2) is 32.2 Å². The number of ketones is 1. The van der Waals surface area contributed by atoms with E-state index in [2.05, 4.69) is 15.5 Å². The predicted octanol–water partition coefficient (Wildman–Crippen LogP) is 5.20. The fraction of sp³-hybridized carbons (Fsp3) is 0.238. The number of Topliss-reactive ketones (excluding diaryl/α,β-unsaturated/α-hetero) is 1. The molecule has 0 fully saturated rings. The van der Waals surface area contributed by atoms with E-state index in [1.54, 1.807) is 54.1 Å². The number of anilines is 1. The Balaban J connectivity index is 1.61. The fourth-order valence-electron chi connectivity index (χ4n) is 2.76. The molecule has 0 aliphatic rings. The highest BCUT2D eigenvalue weighted by atomic mass is 35.5. The third kappa shape index (κ3) is 6.00. The van der Waals surface area contributed by atoms with Crippen LogP contribution in [0, 0.1) is 0 Å². The van der Waals surface area contributed by atoms with Crippen molar-refractivity contribution in [2.45, 2.75) is 25.1 Å². The lowest BCUT2D eigenvalue weighted by Gasteiger charge is -2.15. The van der Waals surface area contributed by atoms with Crippen LogP contribution in [0.1, 0.15) is 36.1 Å². The van der Waals surface area contributed by atoms with Gasteiger partial charge in [-0.3, -0.25) is 9.59 Å². The number of nitrogens with zero attached hydrogens (tertiary/aromatic N) is 3. The molecule has 1 aromatic heterocycles. The molecule has 1 N–H and O–H groups in total. The first-order valence-corrected chi connectivity index (χ1v) is 11.0. The van der Waals surface area contributed by atoms with Gasteiger partial charge in [-0.05, 0) is 38.1 Å². The van der Waals surface area contributed by atoms with Crippen LogP contribution in [0.3, 0.4) is 0 Å². The second-order valence-corrected chi connectivity index (χ2v) is 8.49. The summed E-state index contributed by atoms with van der Waals surface area (Å²) in [4.78, 5) is 23.8. The molecule has 1 heterocycles. The van der Waals surface area contributed by atoms with E-state index >= 15 is 0 Å². The van der Waals surface area contributed by atoms with E-state index < -0.39 is 6.10 Å². The summed E-state index contributed by atoms with van der Waals surface area (Å²) in [7, 11) is 1.80. The van der Waals surface area contributed by atoms with E-state index in [0.29, 0.717) is 38.0 Å². The summed E-state index contributed by atoms with van der Waals surface area (Å²) in [6.07, 6.45) is -0.439. The average Bonchev–Trinajstić information content (AvgIpc) is 3.10. The van der Waals surface area contributed by atoms with Gasteiger partial charge in [0.2, 0.25) is 5.91 Å². The van der Waals surface area contributed by atoms with E-state index in [0.717, 1.165) is 0 Å². The van der Waals surface area contributed by atoms with Crippen molar-refractivity contribution < 1.29 is 14.3 Å². The second kappa shape index (κ2) is 10.2. The topological polar surface area (TPSA) is 86.1 Å². The number of rotatable bonds is 8. The van der Waals surface area contributed by atoms with Crippen molar-refractivity contribution in [1.82, 2.24) is 14.8 Å². The molecule has 0 aliphatic heterocycles. The van der Waals surface area contributed by atoms with Crippen molar-refractivity contribution in [3.8, 4) is 5.75 Å². The summed E-state index contributed by atoms with van der Waals surface area (Å²) in [5.74, 6) is 0.878. The molecule has 1 amide bonds. The van der Waals surface area contributed by atoms with Crippen molar-refractivity contribution in [3.05, 3.63) is 63.9 Å². The van der Waals surface area contributed by atoms with Gasteiger partial charge in [0.15, 0.2) is 22.9 Å². The molecular weight excluding hydrogens is 459 g/mol. The largest absolute Gasteiger partial charge is 0.481 e. The van der Waals surface area contributed by atoms with E-state index in [1.807, 2.05) is 6.92 Å². The molecular formula is C21H20Cl2N4O3S. The highest BCUT2D eigenvalue weighted by molar-refractivity contribution is 7.99. The monoisotopic (exact) mass is 478 g/mol. The smallest absolute Gasteiger partial charge is 0.234 e. The molecule has 0 spiro atoms. The third-order valence-corrected chi connectivity index (χ3v) is 5.88. The molecule has 1 atom stereocenters. The zero-order chi connectivity index (χ0) is 22.5.